The zero-order valence-electron chi connectivity index (χ0n) is 14.0. The summed E-state index contributed by atoms with van der Waals surface area (Å²) < 4.78 is 0. The summed E-state index contributed by atoms with van der Waals surface area (Å²) in [5.74, 6) is 1.10. The minimum atomic E-state index is -0.339. The number of primary amides is 1. The van der Waals surface area contributed by atoms with Crippen molar-refractivity contribution in [3.63, 3.8) is 0 Å². The van der Waals surface area contributed by atoms with Crippen LogP contribution in [0.5, 0.6) is 0 Å². The molecule has 1 aromatic carbocycles. The number of likely N-dealkylation sites (tertiary alicyclic amines) is 1. The van der Waals surface area contributed by atoms with Crippen LogP contribution in [0, 0.1) is 12.8 Å². The number of nitrogens with zero attached hydrogens (tertiary/aromatic N) is 2. The van der Waals surface area contributed by atoms with Crippen LogP contribution in [0.1, 0.15) is 23.6 Å². The Hall–Kier alpha value is -2.40. The van der Waals surface area contributed by atoms with E-state index in [1.165, 1.54) is 0 Å². The van der Waals surface area contributed by atoms with Gasteiger partial charge in [0.25, 0.3) is 0 Å². The van der Waals surface area contributed by atoms with E-state index < -0.39 is 0 Å². The lowest BCUT2D eigenvalue weighted by Gasteiger charge is -2.25. The molecule has 3 N–H and O–H groups in total. The number of aromatic nitrogens is 1. The van der Waals surface area contributed by atoms with Crippen molar-refractivity contribution >= 4 is 11.7 Å². The van der Waals surface area contributed by atoms with Crippen LogP contribution in [0.3, 0.4) is 0 Å². The van der Waals surface area contributed by atoms with Gasteiger partial charge in [-0.15, -0.1) is 0 Å². The van der Waals surface area contributed by atoms with Gasteiger partial charge in [0, 0.05) is 19.3 Å². The largest absolute Gasteiger partial charge is 0.370 e. The Morgan fingerprint density at radius 1 is 1.33 bits per heavy atom. The number of rotatable bonds is 6. The lowest BCUT2D eigenvalue weighted by molar-refractivity contribution is -0.123. The summed E-state index contributed by atoms with van der Waals surface area (Å²) in [6.07, 6.45) is 2.91. The van der Waals surface area contributed by atoms with E-state index in [0.29, 0.717) is 5.92 Å². The van der Waals surface area contributed by atoms with Crippen molar-refractivity contribution in [2.45, 2.75) is 19.4 Å². The van der Waals surface area contributed by atoms with E-state index in [1.54, 1.807) is 0 Å². The van der Waals surface area contributed by atoms with E-state index in [4.69, 9.17) is 5.73 Å². The molecule has 1 fully saturated rings. The first kappa shape index (κ1) is 16.5. The summed E-state index contributed by atoms with van der Waals surface area (Å²) in [6.45, 7) is 4.63. The monoisotopic (exact) mass is 324 g/mol. The van der Waals surface area contributed by atoms with Crippen molar-refractivity contribution in [1.29, 1.82) is 0 Å². The molecule has 1 aromatic heterocycles. The molecule has 0 saturated carbocycles. The zero-order valence-corrected chi connectivity index (χ0v) is 14.0. The fourth-order valence-corrected chi connectivity index (χ4v) is 3.28. The summed E-state index contributed by atoms with van der Waals surface area (Å²) in [6, 6.07) is 13.5. The van der Waals surface area contributed by atoms with E-state index in [0.717, 1.165) is 43.0 Å². The molecule has 2 heterocycles. The van der Waals surface area contributed by atoms with Crippen LogP contribution >= 0.6 is 0 Å². The van der Waals surface area contributed by atoms with Gasteiger partial charge in [-0.2, -0.15) is 0 Å². The zero-order chi connectivity index (χ0) is 16.9. The van der Waals surface area contributed by atoms with Gasteiger partial charge in [0.2, 0.25) is 5.91 Å². The van der Waals surface area contributed by atoms with Gasteiger partial charge in [0.05, 0.1) is 0 Å². The summed E-state index contributed by atoms with van der Waals surface area (Å²) in [7, 11) is 0. The number of hydrogen-bond donors (Lipinski definition) is 2. The van der Waals surface area contributed by atoms with Gasteiger partial charge in [-0.25, -0.2) is 4.98 Å². The molecular weight excluding hydrogens is 300 g/mol. The Kier molecular flexibility index (Phi) is 5.11. The van der Waals surface area contributed by atoms with Gasteiger partial charge in [0.1, 0.15) is 11.9 Å². The highest BCUT2D eigenvalue weighted by Crippen LogP contribution is 2.27. The predicted molar refractivity (Wildman–Crippen MR) is 95.5 cm³/mol. The second kappa shape index (κ2) is 7.45. The number of aryl methyl sites for hydroxylation is 1. The van der Waals surface area contributed by atoms with Crippen molar-refractivity contribution in [3.05, 3.63) is 59.8 Å². The molecular formula is C19H24N4O. The van der Waals surface area contributed by atoms with Crippen LogP contribution < -0.4 is 11.1 Å². The molecule has 2 atom stereocenters. The van der Waals surface area contributed by atoms with Gasteiger partial charge in [-0.3, -0.25) is 9.69 Å². The minimum Gasteiger partial charge on any atom is -0.370 e. The molecule has 1 saturated heterocycles. The Balaban J connectivity index is 1.59. The fraction of sp³-hybridized carbons (Fsp3) is 0.368. The van der Waals surface area contributed by atoms with Gasteiger partial charge in [-0.1, -0.05) is 36.4 Å². The number of pyridine rings is 1. The molecule has 0 radical (unpaired) electrons. The van der Waals surface area contributed by atoms with Gasteiger partial charge in [0.15, 0.2) is 0 Å². The van der Waals surface area contributed by atoms with Crippen LogP contribution in [-0.4, -0.2) is 35.4 Å². The Morgan fingerprint density at radius 2 is 2.12 bits per heavy atom. The number of carbonyl (C=O) groups is 1. The Bertz CT molecular complexity index is 672. The third kappa shape index (κ3) is 3.92. The smallest absolute Gasteiger partial charge is 0.239 e. The first-order chi connectivity index (χ1) is 11.6. The normalized spacial score (nSPS) is 19.1. The highest BCUT2D eigenvalue weighted by Gasteiger charge is 2.32. The maximum atomic E-state index is 12.0. The molecule has 5 heteroatoms. The molecule has 24 heavy (non-hydrogen) atoms. The van der Waals surface area contributed by atoms with Gasteiger partial charge in [-0.05, 0) is 43.0 Å². The van der Waals surface area contributed by atoms with Crippen LogP contribution in [0.25, 0.3) is 0 Å². The predicted octanol–water partition coefficient (Wildman–Crippen LogP) is 2.35. The molecule has 2 aromatic rings. The van der Waals surface area contributed by atoms with E-state index in [2.05, 4.69) is 21.3 Å². The number of amides is 1. The number of nitrogens with two attached hydrogens (primary N) is 1. The average Bonchev–Trinajstić information content (AvgIpc) is 3.03. The summed E-state index contributed by atoms with van der Waals surface area (Å²) in [5, 5.41) is 3.39. The van der Waals surface area contributed by atoms with Crippen LogP contribution in [-0.2, 0) is 4.79 Å². The average molecular weight is 324 g/mol. The third-order valence-corrected chi connectivity index (χ3v) is 4.55. The van der Waals surface area contributed by atoms with Crippen molar-refractivity contribution < 1.29 is 4.79 Å². The van der Waals surface area contributed by atoms with Crippen LogP contribution in [0.2, 0.25) is 0 Å². The number of anilines is 1. The van der Waals surface area contributed by atoms with Crippen molar-refractivity contribution in [2.24, 2.45) is 11.7 Å². The molecule has 0 aliphatic carbocycles. The lowest BCUT2D eigenvalue weighted by Crippen LogP contribution is -2.36. The van der Waals surface area contributed by atoms with Crippen molar-refractivity contribution in [2.75, 3.05) is 25.0 Å². The second-order valence-corrected chi connectivity index (χ2v) is 6.47. The lowest BCUT2D eigenvalue weighted by atomic mass is 10.0. The van der Waals surface area contributed by atoms with Gasteiger partial charge >= 0.3 is 0 Å². The van der Waals surface area contributed by atoms with Crippen LogP contribution in [0.15, 0.2) is 48.7 Å². The topological polar surface area (TPSA) is 71.2 Å². The van der Waals surface area contributed by atoms with Crippen LogP contribution in [0.4, 0.5) is 5.82 Å². The second-order valence-electron chi connectivity index (χ2n) is 6.47. The molecule has 1 aliphatic rings. The number of carbonyl (C=O) groups excluding carboxylic acids is 1. The van der Waals surface area contributed by atoms with Crippen molar-refractivity contribution in [3.8, 4) is 0 Å². The quantitative estimate of drug-likeness (QED) is 0.855. The van der Waals surface area contributed by atoms with Crippen molar-refractivity contribution in [1.82, 2.24) is 9.88 Å². The molecule has 0 unspecified atom stereocenters. The Morgan fingerprint density at radius 3 is 2.79 bits per heavy atom. The first-order valence-electron chi connectivity index (χ1n) is 8.38. The van der Waals surface area contributed by atoms with E-state index in [1.807, 2.05) is 49.5 Å². The summed E-state index contributed by atoms with van der Waals surface area (Å²) in [5.41, 5.74) is 7.79. The third-order valence-electron chi connectivity index (χ3n) is 4.55. The SMILES string of the molecule is Cc1ccc(NC[C@H]2CCN([C@H](C(N)=O)c3ccccc3)C2)nc1. The number of benzene rings is 1. The molecule has 0 spiro atoms. The Labute approximate surface area is 142 Å². The standard InChI is InChI=1S/C19H24N4O/c1-14-7-8-17(21-11-14)22-12-15-9-10-23(13-15)18(19(20)24)16-5-3-2-4-6-16/h2-8,11,15,18H,9-10,12-13H2,1H3,(H2,20,24)(H,21,22)/t15-,18+/m1/s1. The highest BCUT2D eigenvalue weighted by molar-refractivity contribution is 5.81. The van der Waals surface area contributed by atoms with Gasteiger partial charge < -0.3 is 11.1 Å². The molecule has 0 bridgehead atoms. The highest BCUT2D eigenvalue weighted by atomic mass is 16.1. The molecule has 126 valence electrons. The maximum Gasteiger partial charge on any atom is 0.239 e. The summed E-state index contributed by atoms with van der Waals surface area (Å²) >= 11 is 0. The van der Waals surface area contributed by atoms with E-state index >= 15 is 0 Å². The van der Waals surface area contributed by atoms with E-state index in [9.17, 15) is 4.79 Å². The maximum absolute atomic E-state index is 12.0. The molecule has 3 rings (SSSR count). The van der Waals surface area contributed by atoms with E-state index in [-0.39, 0.29) is 11.9 Å². The number of nitrogens with one attached hydrogen (secondary N) is 1. The summed E-state index contributed by atoms with van der Waals surface area (Å²) in [4.78, 5) is 18.5. The minimum absolute atomic E-state index is 0.282. The molecule has 5 nitrogen and oxygen atoms in total. The molecule has 1 aliphatic heterocycles. The fourth-order valence-electron chi connectivity index (χ4n) is 3.28. The number of hydrogen-bond acceptors (Lipinski definition) is 4. The first-order valence-corrected chi connectivity index (χ1v) is 8.38. The molecule has 1 amide bonds.